The Balaban J connectivity index is 1.63. The molecule has 0 radical (unpaired) electrons. The maximum absolute atomic E-state index is 14.2. The second-order valence-electron chi connectivity index (χ2n) is 9.84. The van der Waals surface area contributed by atoms with Crippen molar-refractivity contribution in [2.45, 2.75) is 57.5 Å². The molecule has 0 unspecified atom stereocenters. The molecule has 4 rings (SSSR count). The number of ether oxygens (including phenoxy) is 2. The fourth-order valence-electron chi connectivity index (χ4n) is 4.20. The molecule has 6 atom stereocenters. The lowest BCUT2D eigenvalue weighted by Crippen LogP contribution is -2.39. The summed E-state index contributed by atoms with van der Waals surface area (Å²) in [6, 6.07) is 7.81. The Hall–Kier alpha value is -3.79. The van der Waals surface area contributed by atoms with E-state index in [1.54, 1.807) is 32.0 Å². The van der Waals surface area contributed by atoms with Gasteiger partial charge in [0.05, 0.1) is 23.7 Å². The van der Waals surface area contributed by atoms with Crippen molar-refractivity contribution in [2.75, 3.05) is 6.61 Å². The van der Waals surface area contributed by atoms with Gasteiger partial charge in [-0.3, -0.25) is 23.5 Å². The Morgan fingerprint density at radius 3 is 2.42 bits per heavy atom. The molecule has 0 saturated carbocycles. The largest absolute Gasteiger partial charge is 0.462 e. The summed E-state index contributed by atoms with van der Waals surface area (Å²) in [7, 11) is -4.42. The van der Waals surface area contributed by atoms with E-state index < -0.39 is 85.8 Å². The Labute approximate surface area is 242 Å². The van der Waals surface area contributed by atoms with Crippen LogP contribution in [0, 0.1) is 11.6 Å². The molecule has 2 heterocycles. The van der Waals surface area contributed by atoms with E-state index in [0.717, 1.165) is 0 Å². The Kier molecular flexibility index (Phi) is 9.59. The third-order valence-electron chi connectivity index (χ3n) is 6.19. The number of rotatable bonds is 11. The van der Waals surface area contributed by atoms with Crippen LogP contribution in [-0.4, -0.2) is 68.7 Å². The van der Waals surface area contributed by atoms with E-state index in [-0.39, 0.29) is 16.8 Å². The van der Waals surface area contributed by atoms with Crippen LogP contribution in [0.2, 0.25) is 0 Å². The third-order valence-corrected chi connectivity index (χ3v) is 7.83. The molecule has 1 aromatic heterocycles. The number of carbonyl (C=O) groups is 2. The van der Waals surface area contributed by atoms with Crippen LogP contribution >= 0.6 is 7.75 Å². The molecular formula is C26H29F2N4O10P. The fraction of sp³-hybridized carbons (Fsp3) is 0.385. The van der Waals surface area contributed by atoms with Gasteiger partial charge in [-0.2, -0.15) is 5.09 Å². The first kappa shape index (κ1) is 32.1. The molecule has 0 bridgehead atoms. The summed E-state index contributed by atoms with van der Waals surface area (Å²) in [4.78, 5) is 41.0. The molecule has 232 valence electrons. The predicted octanol–water partition coefficient (Wildman–Crippen LogP) is 1.53. The van der Waals surface area contributed by atoms with Crippen LogP contribution in [-0.2, 0) is 23.4 Å². The summed E-state index contributed by atoms with van der Waals surface area (Å²) in [6.45, 7) is 3.86. The van der Waals surface area contributed by atoms with Gasteiger partial charge in [0.25, 0.3) is 11.5 Å². The number of aliphatic hydroxyl groups excluding tert-OH is 2. The molecule has 1 aliphatic heterocycles. The van der Waals surface area contributed by atoms with Gasteiger partial charge in [-0.25, -0.2) is 18.3 Å². The number of nitrogens with two attached hydrogens (primary N) is 1. The summed E-state index contributed by atoms with van der Waals surface area (Å²) >= 11 is 0. The molecule has 17 heteroatoms. The lowest BCUT2D eigenvalue weighted by molar-refractivity contribution is -0.149. The minimum Gasteiger partial charge on any atom is -0.462 e. The van der Waals surface area contributed by atoms with Crippen molar-refractivity contribution in [1.82, 2.24) is 14.6 Å². The first-order valence-electron chi connectivity index (χ1n) is 12.9. The first-order chi connectivity index (χ1) is 20.2. The average molecular weight is 627 g/mol. The summed E-state index contributed by atoms with van der Waals surface area (Å²) in [5.41, 5.74) is 2.39. The molecule has 0 spiro atoms. The maximum Gasteiger partial charge on any atom is 0.459 e. The number of primary amides is 1. The number of para-hydroxylation sites is 1. The summed E-state index contributed by atoms with van der Waals surface area (Å²) < 4.78 is 64.2. The van der Waals surface area contributed by atoms with Crippen LogP contribution in [0.15, 0.2) is 47.3 Å². The highest BCUT2D eigenvalue weighted by molar-refractivity contribution is 7.52. The van der Waals surface area contributed by atoms with Crippen molar-refractivity contribution in [1.29, 1.82) is 0 Å². The molecular weight excluding hydrogens is 597 g/mol. The highest BCUT2D eigenvalue weighted by Gasteiger charge is 2.46. The van der Waals surface area contributed by atoms with Gasteiger partial charge in [-0.1, -0.05) is 18.2 Å². The SMILES string of the molecule is CC(C)OC(=O)[C@H](C)N[P@](=O)(OC[C@H]1O[C@@H](n2c(=O)c(C(N)=O)nc3cc(F)c(F)cc32)[C@H](O)[C@@H]1O)Oc1ccccc1. The average Bonchev–Trinajstić information content (AvgIpc) is 3.21. The molecule has 0 aliphatic carbocycles. The van der Waals surface area contributed by atoms with Crippen molar-refractivity contribution in [3.63, 3.8) is 0 Å². The van der Waals surface area contributed by atoms with E-state index in [2.05, 4.69) is 10.1 Å². The number of aliphatic hydroxyl groups is 2. The number of hydrogen-bond donors (Lipinski definition) is 4. The van der Waals surface area contributed by atoms with Crippen LogP contribution < -0.4 is 20.9 Å². The molecule has 1 aliphatic rings. The van der Waals surface area contributed by atoms with Crippen LogP contribution in [0.1, 0.15) is 37.5 Å². The number of nitrogens with zero attached hydrogens (tertiary/aromatic N) is 2. The van der Waals surface area contributed by atoms with Crippen LogP contribution in [0.25, 0.3) is 11.0 Å². The quantitative estimate of drug-likeness (QED) is 0.177. The zero-order chi connectivity index (χ0) is 31.6. The Morgan fingerprint density at radius 1 is 1.14 bits per heavy atom. The number of hydrogen-bond acceptors (Lipinski definition) is 11. The first-order valence-corrected chi connectivity index (χ1v) is 14.4. The lowest BCUT2D eigenvalue weighted by Gasteiger charge is -2.25. The molecule has 1 amide bonds. The molecule has 1 saturated heterocycles. The van der Waals surface area contributed by atoms with Crippen molar-refractivity contribution in [2.24, 2.45) is 5.73 Å². The number of fused-ring (bicyclic) bond motifs is 1. The molecule has 3 aromatic rings. The molecule has 5 N–H and O–H groups in total. The number of carbonyl (C=O) groups excluding carboxylic acids is 2. The fourth-order valence-corrected chi connectivity index (χ4v) is 5.70. The zero-order valence-corrected chi connectivity index (χ0v) is 23.9. The molecule has 14 nitrogen and oxygen atoms in total. The van der Waals surface area contributed by atoms with Gasteiger partial charge >= 0.3 is 13.7 Å². The standard InChI is InChI=1S/C26H29F2N4O10P/c1-12(2)40-26(37)13(3)31-43(38,42-14-7-5-4-6-8-14)39-11-19-21(33)22(34)25(41-19)32-18-10-16(28)15(27)9-17(18)30-20(23(29)35)24(32)36/h4-10,12-13,19,21-22,25,33-34H,11H2,1-3H3,(H2,29,35)(H,31,38)/t13-,19+,21+,22+,25+,43-/m0/s1. The zero-order valence-electron chi connectivity index (χ0n) is 23.0. The number of amides is 1. The van der Waals surface area contributed by atoms with Gasteiger partial charge in [0.2, 0.25) is 0 Å². The maximum atomic E-state index is 14.2. The summed E-state index contributed by atoms with van der Waals surface area (Å²) in [6.07, 6.45) is -7.44. The minimum absolute atomic E-state index is 0.0941. The lowest BCUT2D eigenvalue weighted by atomic mass is 10.1. The highest BCUT2D eigenvalue weighted by Crippen LogP contribution is 2.46. The predicted molar refractivity (Wildman–Crippen MR) is 145 cm³/mol. The topological polar surface area (TPSA) is 202 Å². The molecule has 1 fully saturated rings. The van der Waals surface area contributed by atoms with Gasteiger partial charge in [0.1, 0.15) is 30.1 Å². The number of nitrogens with one attached hydrogen (secondary N) is 1. The van der Waals surface area contributed by atoms with Crippen LogP contribution in [0.4, 0.5) is 8.78 Å². The molecule has 2 aromatic carbocycles. The normalized spacial score (nSPS) is 22.3. The minimum atomic E-state index is -4.42. The molecule has 43 heavy (non-hydrogen) atoms. The number of benzene rings is 2. The van der Waals surface area contributed by atoms with Gasteiger partial charge < -0.3 is 29.9 Å². The Bertz CT molecular complexity index is 1620. The van der Waals surface area contributed by atoms with E-state index in [9.17, 15) is 37.9 Å². The van der Waals surface area contributed by atoms with Gasteiger partial charge in [0, 0.05) is 12.1 Å². The van der Waals surface area contributed by atoms with Gasteiger partial charge in [-0.05, 0) is 32.9 Å². The van der Waals surface area contributed by atoms with Crippen molar-refractivity contribution in [3.05, 3.63) is 70.1 Å². The van der Waals surface area contributed by atoms with E-state index in [4.69, 9.17) is 24.3 Å². The van der Waals surface area contributed by atoms with Crippen molar-refractivity contribution in [3.8, 4) is 5.75 Å². The monoisotopic (exact) mass is 626 g/mol. The summed E-state index contributed by atoms with van der Waals surface area (Å²) in [5, 5.41) is 24.0. The van der Waals surface area contributed by atoms with E-state index in [1.165, 1.54) is 19.1 Å². The van der Waals surface area contributed by atoms with E-state index in [0.29, 0.717) is 16.7 Å². The van der Waals surface area contributed by atoms with Gasteiger partial charge in [0.15, 0.2) is 23.6 Å². The summed E-state index contributed by atoms with van der Waals surface area (Å²) in [5.74, 6) is -4.68. The van der Waals surface area contributed by atoms with Crippen molar-refractivity contribution < 1.29 is 51.7 Å². The second kappa shape index (κ2) is 12.8. The van der Waals surface area contributed by atoms with Gasteiger partial charge in [-0.15, -0.1) is 0 Å². The van der Waals surface area contributed by atoms with E-state index >= 15 is 0 Å². The number of halogens is 2. The Morgan fingerprint density at radius 2 is 1.79 bits per heavy atom. The number of esters is 1. The van der Waals surface area contributed by atoms with E-state index in [1.807, 2.05) is 0 Å². The van der Waals surface area contributed by atoms with Crippen molar-refractivity contribution >= 4 is 30.7 Å². The second-order valence-corrected chi connectivity index (χ2v) is 11.5. The van der Waals surface area contributed by atoms with Crippen LogP contribution in [0.5, 0.6) is 5.75 Å². The smallest absolute Gasteiger partial charge is 0.459 e. The highest BCUT2D eigenvalue weighted by atomic mass is 31.2. The number of aromatic nitrogens is 2. The van der Waals surface area contributed by atoms with Crippen LogP contribution in [0.3, 0.4) is 0 Å². The third kappa shape index (κ3) is 7.06.